The maximum Gasteiger partial charge on any atom is 0.337 e. The molecular weight excluding hydrogens is 374 g/mol. The largest absolute Gasteiger partial charge is 0.465 e. The first-order valence-corrected chi connectivity index (χ1v) is 11.0. The predicted molar refractivity (Wildman–Crippen MR) is 116 cm³/mol. The molecule has 156 valence electrons. The Morgan fingerprint density at radius 1 is 1.00 bits per heavy atom. The maximum absolute atomic E-state index is 13.6. The zero-order chi connectivity index (χ0) is 20.9. The minimum atomic E-state index is -0.390. The van der Waals surface area contributed by atoms with Crippen LogP contribution in [-0.2, 0) is 14.9 Å². The quantitative estimate of drug-likeness (QED) is 0.709. The number of methoxy groups -OCH3 is 1. The monoisotopic (exact) mass is 403 g/mol. The van der Waals surface area contributed by atoms with E-state index in [1.165, 1.54) is 37.5 Å². The Morgan fingerprint density at radius 3 is 2.37 bits per heavy atom. The van der Waals surface area contributed by atoms with Gasteiger partial charge in [0, 0.05) is 5.69 Å². The highest BCUT2D eigenvalue weighted by Gasteiger charge is 2.60. The van der Waals surface area contributed by atoms with Crippen LogP contribution in [0.1, 0.15) is 60.0 Å². The van der Waals surface area contributed by atoms with Gasteiger partial charge in [-0.2, -0.15) is 0 Å². The molecule has 4 nitrogen and oxygen atoms in total. The number of nitrogens with one attached hydrogen (secondary N) is 1. The van der Waals surface area contributed by atoms with Crippen LogP contribution in [0.2, 0.25) is 0 Å². The van der Waals surface area contributed by atoms with Crippen LogP contribution < -0.4 is 5.32 Å². The molecule has 0 heterocycles. The fourth-order valence-electron chi connectivity index (χ4n) is 6.88. The number of anilines is 1. The minimum absolute atomic E-state index is 0.120. The highest BCUT2D eigenvalue weighted by Crippen LogP contribution is 2.66. The third-order valence-corrected chi connectivity index (χ3v) is 7.75. The number of aryl methyl sites for hydroxylation is 1. The number of benzene rings is 2. The molecule has 0 saturated heterocycles. The van der Waals surface area contributed by atoms with Gasteiger partial charge in [-0.15, -0.1) is 0 Å². The van der Waals surface area contributed by atoms with Gasteiger partial charge in [0.2, 0.25) is 5.91 Å². The molecule has 0 spiro atoms. The number of carbonyl (C=O) groups excluding carboxylic acids is 2. The lowest BCUT2D eigenvalue weighted by molar-refractivity contribution is -0.143. The summed E-state index contributed by atoms with van der Waals surface area (Å²) >= 11 is 0. The molecule has 4 bridgehead atoms. The van der Waals surface area contributed by atoms with E-state index < -0.39 is 0 Å². The third-order valence-electron chi connectivity index (χ3n) is 7.75. The van der Waals surface area contributed by atoms with Crippen molar-refractivity contribution in [3.63, 3.8) is 0 Å². The lowest BCUT2D eigenvalue weighted by atomic mass is 9.42. The van der Waals surface area contributed by atoms with E-state index in [4.69, 9.17) is 4.74 Å². The zero-order valence-corrected chi connectivity index (χ0v) is 17.7. The van der Waals surface area contributed by atoms with E-state index in [1.807, 2.05) is 6.07 Å². The average molecular weight is 404 g/mol. The molecule has 4 aliphatic rings. The van der Waals surface area contributed by atoms with Gasteiger partial charge in [0.25, 0.3) is 0 Å². The number of hydrogen-bond acceptors (Lipinski definition) is 3. The van der Waals surface area contributed by atoms with E-state index in [-0.39, 0.29) is 22.7 Å². The van der Waals surface area contributed by atoms with Crippen molar-refractivity contribution in [2.75, 3.05) is 12.4 Å². The van der Waals surface area contributed by atoms with Crippen LogP contribution in [0.25, 0.3) is 0 Å². The topological polar surface area (TPSA) is 55.4 Å². The lowest BCUT2D eigenvalue weighted by Crippen LogP contribution is -2.57. The second-order valence-corrected chi connectivity index (χ2v) is 9.91. The highest BCUT2D eigenvalue weighted by molar-refractivity contribution is 5.97. The van der Waals surface area contributed by atoms with Gasteiger partial charge in [0.15, 0.2) is 0 Å². The first-order chi connectivity index (χ1) is 14.4. The van der Waals surface area contributed by atoms with Crippen LogP contribution in [0.3, 0.4) is 0 Å². The summed E-state index contributed by atoms with van der Waals surface area (Å²) in [5.41, 5.74) is 3.63. The van der Waals surface area contributed by atoms with Gasteiger partial charge >= 0.3 is 5.97 Å². The molecule has 30 heavy (non-hydrogen) atoms. The normalized spacial score (nSPS) is 31.4. The van der Waals surface area contributed by atoms with E-state index >= 15 is 0 Å². The Hall–Kier alpha value is -2.62. The molecule has 2 atom stereocenters. The van der Waals surface area contributed by atoms with Crippen LogP contribution in [-0.4, -0.2) is 19.0 Å². The minimum Gasteiger partial charge on any atom is -0.465 e. The van der Waals surface area contributed by atoms with Crippen LogP contribution >= 0.6 is 0 Å². The van der Waals surface area contributed by atoms with Crippen molar-refractivity contribution in [2.45, 2.75) is 50.9 Å². The third kappa shape index (κ3) is 3.13. The zero-order valence-electron chi connectivity index (χ0n) is 17.7. The van der Waals surface area contributed by atoms with E-state index in [9.17, 15) is 9.59 Å². The van der Waals surface area contributed by atoms with E-state index in [0.717, 1.165) is 19.3 Å². The highest BCUT2D eigenvalue weighted by atomic mass is 16.5. The van der Waals surface area contributed by atoms with Gasteiger partial charge in [0.1, 0.15) is 0 Å². The molecule has 1 amide bonds. The molecule has 0 aliphatic heterocycles. The molecule has 4 aliphatic carbocycles. The smallest absolute Gasteiger partial charge is 0.337 e. The van der Waals surface area contributed by atoms with Gasteiger partial charge in [-0.1, -0.05) is 35.9 Å². The van der Waals surface area contributed by atoms with E-state index in [1.54, 1.807) is 18.2 Å². The maximum atomic E-state index is 13.6. The van der Waals surface area contributed by atoms with Crippen LogP contribution in [0, 0.1) is 24.2 Å². The average Bonchev–Trinajstić information content (AvgIpc) is 2.73. The predicted octanol–water partition coefficient (Wildman–Crippen LogP) is 5.26. The summed E-state index contributed by atoms with van der Waals surface area (Å²) in [6.45, 7) is 2.13. The Balaban J connectivity index is 1.43. The SMILES string of the molecule is COC(=O)c1cccc(NC(=O)C23C[C@H]4C[C@H](C2)CC(c2ccc(C)cc2)(C4)C3)c1. The number of amides is 1. The Bertz CT molecular complexity index is 980. The van der Waals surface area contributed by atoms with Crippen molar-refractivity contribution >= 4 is 17.6 Å². The van der Waals surface area contributed by atoms with Crippen molar-refractivity contribution < 1.29 is 14.3 Å². The summed E-state index contributed by atoms with van der Waals surface area (Å²) in [5, 5.41) is 3.15. The van der Waals surface area contributed by atoms with Crippen molar-refractivity contribution in [3.8, 4) is 0 Å². The van der Waals surface area contributed by atoms with Crippen molar-refractivity contribution in [1.29, 1.82) is 0 Å². The van der Waals surface area contributed by atoms with Crippen LogP contribution in [0.15, 0.2) is 48.5 Å². The molecule has 4 heteroatoms. The number of hydrogen-bond donors (Lipinski definition) is 1. The molecular formula is C26H29NO3. The summed E-state index contributed by atoms with van der Waals surface area (Å²) in [4.78, 5) is 25.5. The molecule has 4 fully saturated rings. The van der Waals surface area contributed by atoms with Gasteiger partial charge in [0.05, 0.1) is 18.1 Å². The molecule has 2 aromatic carbocycles. The number of rotatable bonds is 4. The van der Waals surface area contributed by atoms with E-state index in [2.05, 4.69) is 36.5 Å². The van der Waals surface area contributed by atoms with Gasteiger partial charge in [-0.05, 0) is 86.5 Å². The fourth-order valence-corrected chi connectivity index (χ4v) is 6.88. The molecule has 4 saturated carbocycles. The summed E-state index contributed by atoms with van der Waals surface area (Å²) in [5.74, 6) is 0.980. The second kappa shape index (κ2) is 6.97. The first kappa shape index (κ1) is 19.3. The number of carbonyl (C=O) groups is 2. The standard InChI is InChI=1S/C26H29NO3/c1-17-6-8-21(9-7-17)25-12-18-10-19(13-25)15-26(14-18,16-25)24(29)27-22-5-3-4-20(11-22)23(28)30-2/h3-9,11,18-19H,10,12-16H2,1-2H3,(H,27,29)/t18-,19-,25?,26?/m0/s1. The first-order valence-electron chi connectivity index (χ1n) is 11.0. The second-order valence-electron chi connectivity index (χ2n) is 9.91. The fraction of sp³-hybridized carbons (Fsp3) is 0.462. The Kier molecular flexibility index (Phi) is 4.49. The molecule has 1 N–H and O–H groups in total. The van der Waals surface area contributed by atoms with Crippen molar-refractivity contribution in [1.82, 2.24) is 0 Å². The van der Waals surface area contributed by atoms with Gasteiger partial charge in [-0.25, -0.2) is 4.79 Å². The summed E-state index contributed by atoms with van der Waals surface area (Å²) in [6.07, 6.45) is 6.58. The molecule has 0 unspecified atom stereocenters. The summed E-state index contributed by atoms with van der Waals surface area (Å²) in [7, 11) is 1.37. The van der Waals surface area contributed by atoms with Crippen molar-refractivity contribution in [2.24, 2.45) is 17.3 Å². The van der Waals surface area contributed by atoms with Crippen LogP contribution in [0.5, 0.6) is 0 Å². The van der Waals surface area contributed by atoms with Crippen LogP contribution in [0.4, 0.5) is 5.69 Å². The number of esters is 1. The van der Waals surface area contributed by atoms with E-state index in [0.29, 0.717) is 23.1 Å². The number of ether oxygens (including phenoxy) is 1. The summed E-state index contributed by atoms with van der Waals surface area (Å²) < 4.78 is 4.82. The van der Waals surface area contributed by atoms with Gasteiger partial charge < -0.3 is 10.1 Å². The van der Waals surface area contributed by atoms with Crippen molar-refractivity contribution in [3.05, 3.63) is 65.2 Å². The Labute approximate surface area is 178 Å². The summed E-state index contributed by atoms with van der Waals surface area (Å²) in [6, 6.07) is 16.0. The molecule has 2 aromatic rings. The van der Waals surface area contributed by atoms with Gasteiger partial charge in [-0.3, -0.25) is 4.79 Å². The molecule has 0 aromatic heterocycles. The molecule has 6 rings (SSSR count). The lowest BCUT2D eigenvalue weighted by Gasteiger charge is -2.61. The molecule has 0 radical (unpaired) electrons. The Morgan fingerprint density at radius 2 is 1.70 bits per heavy atom.